The fourth-order valence-electron chi connectivity index (χ4n) is 3.28. The minimum absolute atomic E-state index is 0.154. The Balaban J connectivity index is 1.87. The highest BCUT2D eigenvalue weighted by Crippen LogP contribution is 2.34. The highest BCUT2D eigenvalue weighted by molar-refractivity contribution is 7.89. The van der Waals surface area contributed by atoms with E-state index in [0.29, 0.717) is 33.7 Å². The molecule has 0 bridgehead atoms. The molecule has 8 nitrogen and oxygen atoms in total. The van der Waals surface area contributed by atoms with E-state index in [1.165, 1.54) is 0 Å². The van der Waals surface area contributed by atoms with Gasteiger partial charge in [-0.2, -0.15) is 5.10 Å². The van der Waals surface area contributed by atoms with E-state index < -0.39 is 10.0 Å². The van der Waals surface area contributed by atoms with Crippen LogP contribution in [0.1, 0.15) is 36.1 Å². The molecule has 0 fully saturated rings. The van der Waals surface area contributed by atoms with Crippen molar-refractivity contribution in [3.63, 3.8) is 0 Å². The Morgan fingerprint density at radius 1 is 1.24 bits per heavy atom. The van der Waals surface area contributed by atoms with E-state index in [1.54, 1.807) is 31.2 Å². The molecule has 0 amide bonds. The molecule has 4 N–H and O–H groups in total. The summed E-state index contributed by atoms with van der Waals surface area (Å²) < 4.78 is 24.3. The normalized spacial score (nSPS) is 15.9. The van der Waals surface area contributed by atoms with E-state index >= 15 is 0 Å². The first kappa shape index (κ1) is 19.6. The first-order valence-electron chi connectivity index (χ1n) is 8.94. The van der Waals surface area contributed by atoms with Crippen LogP contribution in [-0.2, 0) is 10.0 Å². The maximum atomic E-state index is 12.1. The van der Waals surface area contributed by atoms with Gasteiger partial charge in [-0.3, -0.25) is 5.10 Å². The zero-order valence-electron chi connectivity index (χ0n) is 15.8. The molecule has 1 atom stereocenters. The standard InChI is InChI=1S/C19H19ClN6O2S/c1-10-6-5-8-13-15(10)25-26-18(13)23-16-11(2)19(29(21,27)28)24-17(22-16)12-7-3-4-9-14(12)20/h3-5,7-10H,6H2,1-2H3,(H2,21,27,28)(H2,22,23,24,25,26). The Labute approximate surface area is 173 Å². The Morgan fingerprint density at radius 2 is 2.00 bits per heavy atom. The summed E-state index contributed by atoms with van der Waals surface area (Å²) in [5.41, 5.74) is 2.73. The number of aromatic amines is 1. The predicted octanol–water partition coefficient (Wildman–Crippen LogP) is 3.74. The minimum Gasteiger partial charge on any atom is -0.323 e. The number of anilines is 2. The molecule has 1 aromatic carbocycles. The number of benzene rings is 1. The van der Waals surface area contributed by atoms with Crippen molar-refractivity contribution in [2.75, 3.05) is 5.32 Å². The highest BCUT2D eigenvalue weighted by atomic mass is 35.5. The van der Waals surface area contributed by atoms with Crippen LogP contribution in [-0.4, -0.2) is 28.6 Å². The van der Waals surface area contributed by atoms with Gasteiger partial charge in [-0.15, -0.1) is 0 Å². The Morgan fingerprint density at radius 3 is 2.72 bits per heavy atom. The van der Waals surface area contributed by atoms with E-state index in [1.807, 2.05) is 6.08 Å². The Bertz CT molecular complexity index is 1240. The van der Waals surface area contributed by atoms with Crippen LogP contribution < -0.4 is 10.5 Å². The fraction of sp³-hybridized carbons (Fsp3) is 0.211. The number of hydrogen-bond acceptors (Lipinski definition) is 6. The lowest BCUT2D eigenvalue weighted by Crippen LogP contribution is -2.18. The van der Waals surface area contributed by atoms with Crippen LogP contribution in [0, 0.1) is 6.92 Å². The van der Waals surface area contributed by atoms with Crippen molar-refractivity contribution >= 4 is 39.3 Å². The molecule has 0 saturated carbocycles. The Kier molecular flexibility index (Phi) is 4.89. The number of nitrogens with zero attached hydrogens (tertiary/aromatic N) is 3. The van der Waals surface area contributed by atoms with Gasteiger partial charge in [-0.25, -0.2) is 23.5 Å². The quantitative estimate of drug-likeness (QED) is 0.541. The molecule has 2 heterocycles. The zero-order valence-corrected chi connectivity index (χ0v) is 17.3. The van der Waals surface area contributed by atoms with Crippen molar-refractivity contribution in [1.82, 2.24) is 20.2 Å². The molecular formula is C19H19ClN6O2S. The van der Waals surface area contributed by atoms with Gasteiger partial charge < -0.3 is 5.32 Å². The molecule has 0 spiro atoms. The van der Waals surface area contributed by atoms with Crippen molar-refractivity contribution in [3.05, 3.63) is 52.2 Å². The number of halogens is 1. The summed E-state index contributed by atoms with van der Waals surface area (Å²) in [5, 5.41) is 16.1. The molecule has 1 aliphatic carbocycles. The lowest BCUT2D eigenvalue weighted by atomic mass is 9.94. The maximum absolute atomic E-state index is 12.1. The van der Waals surface area contributed by atoms with Gasteiger partial charge in [0.05, 0.1) is 5.02 Å². The number of fused-ring (bicyclic) bond motifs is 1. The van der Waals surface area contributed by atoms with Crippen molar-refractivity contribution in [3.8, 4) is 11.4 Å². The van der Waals surface area contributed by atoms with E-state index in [9.17, 15) is 8.42 Å². The summed E-state index contributed by atoms with van der Waals surface area (Å²) in [6.45, 7) is 3.70. The van der Waals surface area contributed by atoms with Gasteiger partial charge in [0.1, 0.15) is 5.82 Å². The number of allylic oxidation sites excluding steroid dienone is 1. The first-order valence-corrected chi connectivity index (χ1v) is 10.9. The van der Waals surface area contributed by atoms with Crippen LogP contribution >= 0.6 is 11.6 Å². The van der Waals surface area contributed by atoms with E-state index in [4.69, 9.17) is 16.7 Å². The van der Waals surface area contributed by atoms with Gasteiger partial charge in [0.15, 0.2) is 16.7 Å². The summed E-state index contributed by atoms with van der Waals surface area (Å²) >= 11 is 6.26. The molecule has 1 unspecified atom stereocenters. The monoisotopic (exact) mass is 430 g/mol. The smallest absolute Gasteiger partial charge is 0.256 e. The predicted molar refractivity (Wildman–Crippen MR) is 113 cm³/mol. The number of hydrogen-bond donors (Lipinski definition) is 3. The van der Waals surface area contributed by atoms with Gasteiger partial charge >= 0.3 is 0 Å². The zero-order chi connectivity index (χ0) is 20.8. The van der Waals surface area contributed by atoms with Crippen LogP contribution in [0.3, 0.4) is 0 Å². The molecule has 10 heteroatoms. The third kappa shape index (κ3) is 3.64. The number of primary sulfonamides is 1. The topological polar surface area (TPSA) is 127 Å². The van der Waals surface area contributed by atoms with Crippen molar-refractivity contribution in [2.24, 2.45) is 5.14 Å². The fourth-order valence-corrected chi connectivity index (χ4v) is 4.24. The van der Waals surface area contributed by atoms with Gasteiger partial charge in [-0.05, 0) is 25.5 Å². The van der Waals surface area contributed by atoms with Crippen LogP contribution in [0.5, 0.6) is 0 Å². The van der Waals surface area contributed by atoms with Gasteiger partial charge in [0.2, 0.25) is 0 Å². The molecule has 0 saturated heterocycles. The molecule has 2 aromatic heterocycles. The lowest BCUT2D eigenvalue weighted by Gasteiger charge is -2.15. The summed E-state index contributed by atoms with van der Waals surface area (Å²) in [6.07, 6.45) is 4.98. The molecule has 3 aromatic rings. The molecule has 4 rings (SSSR count). The summed E-state index contributed by atoms with van der Waals surface area (Å²) in [5.74, 6) is 1.30. The maximum Gasteiger partial charge on any atom is 0.256 e. The first-order chi connectivity index (χ1) is 13.8. The average molecular weight is 431 g/mol. The molecule has 150 valence electrons. The van der Waals surface area contributed by atoms with Crippen molar-refractivity contribution in [2.45, 2.75) is 31.2 Å². The number of aromatic nitrogens is 4. The van der Waals surface area contributed by atoms with Crippen LogP contribution in [0.25, 0.3) is 17.5 Å². The van der Waals surface area contributed by atoms with Gasteiger partial charge in [0, 0.05) is 28.3 Å². The summed E-state index contributed by atoms with van der Waals surface area (Å²) in [6, 6.07) is 6.93. The highest BCUT2D eigenvalue weighted by Gasteiger charge is 2.24. The number of H-pyrrole nitrogens is 1. The van der Waals surface area contributed by atoms with Gasteiger partial charge in [0.25, 0.3) is 10.0 Å². The van der Waals surface area contributed by atoms with Crippen LogP contribution in [0.4, 0.5) is 11.6 Å². The molecule has 1 aliphatic rings. The summed E-state index contributed by atoms with van der Waals surface area (Å²) in [7, 11) is -4.08. The molecule has 0 radical (unpaired) electrons. The van der Waals surface area contributed by atoms with Crippen molar-refractivity contribution < 1.29 is 8.42 Å². The van der Waals surface area contributed by atoms with E-state index in [-0.39, 0.29) is 10.9 Å². The minimum atomic E-state index is -4.08. The lowest BCUT2D eigenvalue weighted by molar-refractivity contribution is 0.593. The van der Waals surface area contributed by atoms with Crippen LogP contribution in [0.2, 0.25) is 5.02 Å². The van der Waals surface area contributed by atoms with E-state index in [2.05, 4.69) is 38.5 Å². The Hall–Kier alpha value is -2.75. The second-order valence-corrected chi connectivity index (χ2v) is 8.80. The van der Waals surface area contributed by atoms with Crippen molar-refractivity contribution in [1.29, 1.82) is 0 Å². The number of rotatable bonds is 4. The SMILES string of the molecule is Cc1c(Nc2n[nH]c3c2C=CCC3C)nc(-c2ccccc2Cl)nc1S(N)(=O)=O. The van der Waals surface area contributed by atoms with E-state index in [0.717, 1.165) is 17.7 Å². The third-order valence-corrected chi connectivity index (χ3v) is 6.09. The second kappa shape index (κ2) is 7.25. The average Bonchev–Trinajstić information content (AvgIpc) is 3.07. The third-order valence-electron chi connectivity index (χ3n) is 4.82. The van der Waals surface area contributed by atoms with Gasteiger partial charge in [-0.1, -0.05) is 42.8 Å². The number of sulfonamides is 1. The molecule has 29 heavy (non-hydrogen) atoms. The molecule has 0 aliphatic heterocycles. The second-order valence-electron chi connectivity index (χ2n) is 6.91. The van der Waals surface area contributed by atoms with Crippen LogP contribution in [0.15, 0.2) is 35.4 Å². The molecular weight excluding hydrogens is 412 g/mol. The number of nitrogens with one attached hydrogen (secondary N) is 2. The largest absolute Gasteiger partial charge is 0.323 e. The summed E-state index contributed by atoms with van der Waals surface area (Å²) in [4.78, 5) is 8.69. The number of nitrogens with two attached hydrogens (primary N) is 1.